The third kappa shape index (κ3) is 11.7. The average molecular weight is 238 g/mol. The van der Waals surface area contributed by atoms with Crippen molar-refractivity contribution >= 4 is 0 Å². The molecule has 0 atom stereocenters. The van der Waals surface area contributed by atoms with Crippen molar-refractivity contribution in [2.45, 2.75) is 72.1 Å². The van der Waals surface area contributed by atoms with Crippen LogP contribution in [0.3, 0.4) is 0 Å². The van der Waals surface area contributed by atoms with Gasteiger partial charge in [-0.1, -0.05) is 51.9 Å². The first-order valence-corrected chi connectivity index (χ1v) is 7.24. The van der Waals surface area contributed by atoms with E-state index in [1.54, 1.807) is 0 Å². The van der Waals surface area contributed by atoms with E-state index in [1.807, 2.05) is 13.8 Å². The second-order valence-corrected chi connectivity index (χ2v) is 5.65. The van der Waals surface area contributed by atoms with Crippen LogP contribution in [0.4, 0.5) is 0 Å². The standard InChI is InChI=1S/C15H30N2/c1-4-5-6-7-8-9-10-11-12-17-14-15(2,3)13-16/h17H,4-12,14H2,1-3H3. The Balaban J connectivity index is 3.12. The summed E-state index contributed by atoms with van der Waals surface area (Å²) in [4.78, 5) is 0. The molecule has 2 nitrogen and oxygen atoms in total. The average Bonchev–Trinajstić information content (AvgIpc) is 2.31. The Morgan fingerprint density at radius 1 is 0.941 bits per heavy atom. The third-order valence-corrected chi connectivity index (χ3v) is 3.08. The first-order chi connectivity index (χ1) is 8.12. The maximum atomic E-state index is 8.85. The van der Waals surface area contributed by atoms with E-state index in [0.717, 1.165) is 13.1 Å². The van der Waals surface area contributed by atoms with Crippen molar-refractivity contribution in [1.82, 2.24) is 5.32 Å². The van der Waals surface area contributed by atoms with Gasteiger partial charge in [-0.05, 0) is 26.8 Å². The molecule has 0 saturated heterocycles. The number of nitriles is 1. The highest BCUT2D eigenvalue weighted by molar-refractivity contribution is 4.93. The topological polar surface area (TPSA) is 35.8 Å². The van der Waals surface area contributed by atoms with E-state index in [-0.39, 0.29) is 5.41 Å². The van der Waals surface area contributed by atoms with Crippen LogP contribution in [-0.2, 0) is 0 Å². The van der Waals surface area contributed by atoms with Gasteiger partial charge in [0.05, 0.1) is 11.5 Å². The Bertz CT molecular complexity index is 203. The molecule has 0 fully saturated rings. The van der Waals surface area contributed by atoms with Crippen LogP contribution < -0.4 is 5.32 Å². The van der Waals surface area contributed by atoms with Gasteiger partial charge in [-0.3, -0.25) is 0 Å². The summed E-state index contributed by atoms with van der Waals surface area (Å²) in [7, 11) is 0. The lowest BCUT2D eigenvalue weighted by Gasteiger charge is -2.15. The van der Waals surface area contributed by atoms with Crippen LogP contribution in [-0.4, -0.2) is 13.1 Å². The van der Waals surface area contributed by atoms with Gasteiger partial charge in [0.25, 0.3) is 0 Å². The van der Waals surface area contributed by atoms with Gasteiger partial charge in [0.15, 0.2) is 0 Å². The molecule has 2 heteroatoms. The number of nitrogens with zero attached hydrogens (tertiary/aromatic N) is 1. The Labute approximate surface area is 108 Å². The molecule has 0 saturated carbocycles. The zero-order valence-corrected chi connectivity index (χ0v) is 12.0. The minimum Gasteiger partial charge on any atom is -0.315 e. The van der Waals surface area contributed by atoms with Crippen LogP contribution >= 0.6 is 0 Å². The summed E-state index contributed by atoms with van der Waals surface area (Å²) in [5.41, 5.74) is -0.222. The van der Waals surface area contributed by atoms with Gasteiger partial charge in [-0.15, -0.1) is 0 Å². The number of hydrogen-bond acceptors (Lipinski definition) is 2. The van der Waals surface area contributed by atoms with Gasteiger partial charge < -0.3 is 5.32 Å². The molecular formula is C15H30N2. The second kappa shape index (κ2) is 10.6. The normalized spacial score (nSPS) is 11.4. The van der Waals surface area contributed by atoms with Crippen molar-refractivity contribution in [2.24, 2.45) is 5.41 Å². The lowest BCUT2D eigenvalue weighted by atomic mass is 9.96. The fourth-order valence-corrected chi connectivity index (χ4v) is 1.82. The van der Waals surface area contributed by atoms with E-state index in [1.165, 1.54) is 51.4 Å². The molecule has 0 heterocycles. The van der Waals surface area contributed by atoms with E-state index < -0.39 is 0 Å². The van der Waals surface area contributed by atoms with Crippen molar-refractivity contribution in [3.05, 3.63) is 0 Å². The molecule has 0 bridgehead atoms. The summed E-state index contributed by atoms with van der Waals surface area (Å²) in [6, 6.07) is 2.31. The van der Waals surface area contributed by atoms with Crippen molar-refractivity contribution in [3.8, 4) is 6.07 Å². The lowest BCUT2D eigenvalue weighted by molar-refractivity contribution is 0.438. The lowest BCUT2D eigenvalue weighted by Crippen LogP contribution is -2.28. The Hall–Kier alpha value is -0.550. The maximum absolute atomic E-state index is 8.85. The molecule has 100 valence electrons. The van der Waals surface area contributed by atoms with Crippen LogP contribution in [0.5, 0.6) is 0 Å². The van der Waals surface area contributed by atoms with Crippen LogP contribution in [0.1, 0.15) is 72.1 Å². The molecule has 0 aromatic carbocycles. The summed E-state index contributed by atoms with van der Waals surface area (Å²) >= 11 is 0. The molecule has 0 aliphatic heterocycles. The number of unbranched alkanes of at least 4 members (excludes halogenated alkanes) is 7. The van der Waals surface area contributed by atoms with Crippen LogP contribution in [0.25, 0.3) is 0 Å². The third-order valence-electron chi connectivity index (χ3n) is 3.08. The molecule has 0 spiro atoms. The van der Waals surface area contributed by atoms with Crippen molar-refractivity contribution in [2.75, 3.05) is 13.1 Å². The summed E-state index contributed by atoms with van der Waals surface area (Å²) in [6.07, 6.45) is 10.9. The van der Waals surface area contributed by atoms with Gasteiger partial charge in [0, 0.05) is 6.54 Å². The minimum atomic E-state index is -0.222. The molecule has 0 radical (unpaired) electrons. The predicted octanol–water partition coefficient (Wildman–Crippen LogP) is 4.27. The van der Waals surface area contributed by atoms with Crippen molar-refractivity contribution < 1.29 is 0 Å². The number of nitrogens with one attached hydrogen (secondary N) is 1. The summed E-state index contributed by atoms with van der Waals surface area (Å²) in [6.45, 7) is 8.08. The van der Waals surface area contributed by atoms with Gasteiger partial charge in [-0.25, -0.2) is 0 Å². The highest BCUT2D eigenvalue weighted by Crippen LogP contribution is 2.11. The van der Waals surface area contributed by atoms with Gasteiger partial charge in [-0.2, -0.15) is 5.26 Å². The van der Waals surface area contributed by atoms with E-state index in [9.17, 15) is 0 Å². The molecule has 0 unspecified atom stereocenters. The van der Waals surface area contributed by atoms with E-state index in [0.29, 0.717) is 0 Å². The highest BCUT2D eigenvalue weighted by Gasteiger charge is 2.14. The van der Waals surface area contributed by atoms with E-state index >= 15 is 0 Å². The van der Waals surface area contributed by atoms with Crippen LogP contribution in [0.15, 0.2) is 0 Å². The minimum absolute atomic E-state index is 0.222. The Morgan fingerprint density at radius 2 is 1.47 bits per heavy atom. The zero-order valence-electron chi connectivity index (χ0n) is 12.0. The van der Waals surface area contributed by atoms with Crippen LogP contribution in [0.2, 0.25) is 0 Å². The first kappa shape index (κ1) is 16.4. The molecule has 0 aliphatic rings. The second-order valence-electron chi connectivity index (χ2n) is 5.65. The monoisotopic (exact) mass is 238 g/mol. The molecule has 17 heavy (non-hydrogen) atoms. The van der Waals surface area contributed by atoms with Crippen LogP contribution in [0, 0.1) is 16.7 Å². The summed E-state index contributed by atoms with van der Waals surface area (Å²) in [5, 5.41) is 12.2. The SMILES string of the molecule is CCCCCCCCCCNCC(C)(C)C#N. The summed E-state index contributed by atoms with van der Waals surface area (Å²) in [5.74, 6) is 0. The van der Waals surface area contributed by atoms with E-state index in [2.05, 4.69) is 18.3 Å². The number of rotatable bonds is 11. The quantitative estimate of drug-likeness (QED) is 0.546. The molecule has 0 aromatic heterocycles. The Kier molecular flexibility index (Phi) is 10.3. The first-order valence-electron chi connectivity index (χ1n) is 7.24. The van der Waals surface area contributed by atoms with Gasteiger partial charge >= 0.3 is 0 Å². The maximum Gasteiger partial charge on any atom is 0.0697 e. The molecule has 1 N–H and O–H groups in total. The highest BCUT2D eigenvalue weighted by atomic mass is 14.9. The fraction of sp³-hybridized carbons (Fsp3) is 0.933. The molecular weight excluding hydrogens is 208 g/mol. The summed E-state index contributed by atoms with van der Waals surface area (Å²) < 4.78 is 0. The fourth-order valence-electron chi connectivity index (χ4n) is 1.82. The Morgan fingerprint density at radius 3 is 2.00 bits per heavy atom. The predicted molar refractivity (Wildman–Crippen MR) is 74.9 cm³/mol. The largest absolute Gasteiger partial charge is 0.315 e. The number of hydrogen-bond donors (Lipinski definition) is 1. The van der Waals surface area contributed by atoms with Gasteiger partial charge in [0.1, 0.15) is 0 Å². The molecule has 0 aromatic rings. The van der Waals surface area contributed by atoms with Gasteiger partial charge in [0.2, 0.25) is 0 Å². The van der Waals surface area contributed by atoms with E-state index in [4.69, 9.17) is 5.26 Å². The van der Waals surface area contributed by atoms with Crippen molar-refractivity contribution in [1.29, 1.82) is 5.26 Å². The smallest absolute Gasteiger partial charge is 0.0697 e. The zero-order chi connectivity index (χ0) is 13.0. The van der Waals surface area contributed by atoms with Crippen molar-refractivity contribution in [3.63, 3.8) is 0 Å². The molecule has 0 aliphatic carbocycles. The molecule has 0 rings (SSSR count). The molecule has 0 amide bonds.